The van der Waals surface area contributed by atoms with Crippen LogP contribution in [0.4, 0.5) is 0 Å². The van der Waals surface area contributed by atoms with E-state index >= 15 is 0 Å². The summed E-state index contributed by atoms with van der Waals surface area (Å²) in [5, 5.41) is 2.84. The molecular weight excluding hydrogens is 240 g/mol. The summed E-state index contributed by atoms with van der Waals surface area (Å²) in [4.78, 5) is 0. The number of hydrogen-bond donors (Lipinski definition) is 2. The lowest BCUT2D eigenvalue weighted by molar-refractivity contribution is 0.0250. The summed E-state index contributed by atoms with van der Waals surface area (Å²) in [6.07, 6.45) is 3.63. The topological polar surface area (TPSA) is 67.4 Å². The SMILES string of the molecule is CC1(CNS(=O)(=O)C2CCCNC2)CCCO1. The van der Waals surface area contributed by atoms with E-state index in [-0.39, 0.29) is 10.9 Å². The summed E-state index contributed by atoms with van der Waals surface area (Å²) in [5.74, 6) is 0. The van der Waals surface area contributed by atoms with E-state index in [4.69, 9.17) is 4.74 Å². The number of piperidine rings is 1. The van der Waals surface area contributed by atoms with E-state index < -0.39 is 10.0 Å². The predicted molar refractivity (Wildman–Crippen MR) is 66.4 cm³/mol. The van der Waals surface area contributed by atoms with Gasteiger partial charge in [-0.15, -0.1) is 0 Å². The summed E-state index contributed by atoms with van der Waals surface area (Å²) in [6, 6.07) is 0. The molecule has 2 heterocycles. The van der Waals surface area contributed by atoms with Crippen molar-refractivity contribution in [2.75, 3.05) is 26.2 Å². The van der Waals surface area contributed by atoms with Crippen LogP contribution in [0.3, 0.4) is 0 Å². The van der Waals surface area contributed by atoms with Gasteiger partial charge in [0, 0.05) is 19.7 Å². The second-order valence-electron chi connectivity index (χ2n) is 5.24. The number of sulfonamides is 1. The van der Waals surface area contributed by atoms with Gasteiger partial charge in [0.2, 0.25) is 10.0 Å². The number of hydrogen-bond acceptors (Lipinski definition) is 4. The highest BCUT2D eigenvalue weighted by Crippen LogP contribution is 2.24. The molecule has 2 aliphatic rings. The van der Waals surface area contributed by atoms with Crippen LogP contribution in [-0.4, -0.2) is 45.5 Å². The third-order valence-electron chi connectivity index (χ3n) is 3.64. The number of rotatable bonds is 4. The monoisotopic (exact) mass is 262 g/mol. The molecule has 0 radical (unpaired) electrons. The first-order valence-corrected chi connectivity index (χ1v) is 7.90. The smallest absolute Gasteiger partial charge is 0.215 e. The van der Waals surface area contributed by atoms with Gasteiger partial charge in [0.15, 0.2) is 0 Å². The van der Waals surface area contributed by atoms with Crippen LogP contribution in [0, 0.1) is 0 Å². The first-order chi connectivity index (χ1) is 8.02. The Morgan fingerprint density at radius 3 is 2.88 bits per heavy atom. The van der Waals surface area contributed by atoms with E-state index in [0.717, 1.165) is 38.8 Å². The molecule has 2 rings (SSSR count). The van der Waals surface area contributed by atoms with Crippen LogP contribution in [0.1, 0.15) is 32.6 Å². The molecule has 100 valence electrons. The van der Waals surface area contributed by atoms with Crippen molar-refractivity contribution >= 4 is 10.0 Å². The Morgan fingerprint density at radius 1 is 1.47 bits per heavy atom. The van der Waals surface area contributed by atoms with Gasteiger partial charge in [0.1, 0.15) is 0 Å². The maximum Gasteiger partial charge on any atom is 0.215 e. The molecule has 2 aliphatic heterocycles. The van der Waals surface area contributed by atoms with E-state index in [1.54, 1.807) is 0 Å². The van der Waals surface area contributed by atoms with Gasteiger partial charge in [-0.1, -0.05) is 0 Å². The molecule has 0 spiro atoms. The molecule has 2 fully saturated rings. The second kappa shape index (κ2) is 5.22. The Bertz CT molecular complexity index is 344. The molecule has 0 aromatic heterocycles. The summed E-state index contributed by atoms with van der Waals surface area (Å²) in [7, 11) is -3.20. The van der Waals surface area contributed by atoms with Crippen molar-refractivity contribution in [3.05, 3.63) is 0 Å². The minimum atomic E-state index is -3.20. The third kappa shape index (κ3) is 3.40. The predicted octanol–water partition coefficient (Wildman–Crippen LogP) is 0.227. The maximum absolute atomic E-state index is 12.1. The summed E-state index contributed by atoms with van der Waals surface area (Å²) >= 11 is 0. The van der Waals surface area contributed by atoms with Crippen LogP contribution in [0.15, 0.2) is 0 Å². The Kier molecular flexibility index (Phi) is 4.07. The van der Waals surface area contributed by atoms with E-state index in [0.29, 0.717) is 13.1 Å². The zero-order valence-electron chi connectivity index (χ0n) is 10.4. The fourth-order valence-electron chi connectivity index (χ4n) is 2.43. The van der Waals surface area contributed by atoms with Gasteiger partial charge in [-0.2, -0.15) is 0 Å². The van der Waals surface area contributed by atoms with Gasteiger partial charge in [-0.25, -0.2) is 13.1 Å². The largest absolute Gasteiger partial charge is 0.374 e. The van der Waals surface area contributed by atoms with Crippen LogP contribution in [0.2, 0.25) is 0 Å². The molecule has 6 heteroatoms. The van der Waals surface area contributed by atoms with Gasteiger partial charge in [0.25, 0.3) is 0 Å². The van der Waals surface area contributed by atoms with Gasteiger partial charge in [-0.05, 0) is 39.2 Å². The lowest BCUT2D eigenvalue weighted by atomic mass is 10.0. The zero-order chi connectivity index (χ0) is 12.4. The highest BCUT2D eigenvalue weighted by atomic mass is 32.2. The first kappa shape index (κ1) is 13.3. The summed E-state index contributed by atoms with van der Waals surface area (Å²) in [5.41, 5.74) is -0.310. The maximum atomic E-state index is 12.1. The highest BCUT2D eigenvalue weighted by molar-refractivity contribution is 7.90. The quantitative estimate of drug-likeness (QED) is 0.761. The fraction of sp³-hybridized carbons (Fsp3) is 1.00. The van der Waals surface area contributed by atoms with Crippen molar-refractivity contribution in [1.29, 1.82) is 0 Å². The normalized spacial score (nSPS) is 35.0. The molecule has 2 saturated heterocycles. The molecule has 17 heavy (non-hydrogen) atoms. The van der Waals surface area contributed by atoms with Crippen LogP contribution in [0.25, 0.3) is 0 Å². The molecule has 0 amide bonds. The molecule has 2 N–H and O–H groups in total. The minimum absolute atomic E-state index is 0.291. The summed E-state index contributed by atoms with van der Waals surface area (Å²) in [6.45, 7) is 4.59. The Labute approximate surface area is 103 Å². The molecule has 0 saturated carbocycles. The van der Waals surface area contributed by atoms with Crippen molar-refractivity contribution in [1.82, 2.24) is 10.0 Å². The molecule has 0 aromatic carbocycles. The average molecular weight is 262 g/mol. The summed E-state index contributed by atoms with van der Waals surface area (Å²) < 4.78 is 32.5. The third-order valence-corrected chi connectivity index (χ3v) is 5.47. The lowest BCUT2D eigenvalue weighted by Crippen LogP contribution is -2.48. The average Bonchev–Trinajstić information content (AvgIpc) is 2.76. The zero-order valence-corrected chi connectivity index (χ0v) is 11.2. The fourth-order valence-corrected chi connectivity index (χ4v) is 3.99. The van der Waals surface area contributed by atoms with Gasteiger partial charge in [-0.3, -0.25) is 0 Å². The van der Waals surface area contributed by atoms with E-state index in [2.05, 4.69) is 10.0 Å². The highest BCUT2D eigenvalue weighted by Gasteiger charge is 2.33. The standard InChI is InChI=1S/C11H22N2O3S/c1-11(5-3-7-16-11)9-13-17(14,15)10-4-2-6-12-8-10/h10,12-13H,2-9H2,1H3. The van der Waals surface area contributed by atoms with Gasteiger partial charge in [0.05, 0.1) is 10.9 Å². The van der Waals surface area contributed by atoms with Crippen LogP contribution < -0.4 is 10.0 Å². The van der Waals surface area contributed by atoms with Crippen molar-refractivity contribution < 1.29 is 13.2 Å². The number of nitrogens with one attached hydrogen (secondary N) is 2. The van der Waals surface area contributed by atoms with Crippen LogP contribution in [0.5, 0.6) is 0 Å². The Hall–Kier alpha value is -0.170. The van der Waals surface area contributed by atoms with Crippen molar-refractivity contribution in [3.63, 3.8) is 0 Å². The molecule has 0 aliphatic carbocycles. The van der Waals surface area contributed by atoms with E-state index in [1.807, 2.05) is 6.92 Å². The van der Waals surface area contributed by atoms with Crippen molar-refractivity contribution in [2.24, 2.45) is 0 Å². The Balaban J connectivity index is 1.88. The Morgan fingerprint density at radius 2 is 2.29 bits per heavy atom. The van der Waals surface area contributed by atoms with E-state index in [9.17, 15) is 8.42 Å². The number of ether oxygens (including phenoxy) is 1. The lowest BCUT2D eigenvalue weighted by Gasteiger charge is -2.27. The van der Waals surface area contributed by atoms with Gasteiger partial charge >= 0.3 is 0 Å². The van der Waals surface area contributed by atoms with Crippen molar-refractivity contribution in [2.45, 2.75) is 43.5 Å². The molecule has 0 bridgehead atoms. The minimum Gasteiger partial charge on any atom is -0.374 e. The molecular formula is C11H22N2O3S. The van der Waals surface area contributed by atoms with Gasteiger partial charge < -0.3 is 10.1 Å². The second-order valence-corrected chi connectivity index (χ2v) is 7.28. The molecule has 2 unspecified atom stereocenters. The first-order valence-electron chi connectivity index (χ1n) is 6.35. The molecule has 0 aromatic rings. The van der Waals surface area contributed by atoms with Crippen LogP contribution in [-0.2, 0) is 14.8 Å². The van der Waals surface area contributed by atoms with E-state index in [1.165, 1.54) is 0 Å². The molecule has 5 nitrogen and oxygen atoms in total. The van der Waals surface area contributed by atoms with Crippen LogP contribution >= 0.6 is 0 Å². The molecule has 2 atom stereocenters. The van der Waals surface area contributed by atoms with Crippen molar-refractivity contribution in [3.8, 4) is 0 Å².